The molecule has 0 saturated heterocycles. The van der Waals surface area contributed by atoms with Crippen LogP contribution in [0.3, 0.4) is 0 Å². The van der Waals surface area contributed by atoms with Gasteiger partial charge in [0.15, 0.2) is 0 Å². The van der Waals surface area contributed by atoms with E-state index < -0.39 is 0 Å². The molecule has 1 aliphatic carbocycles. The average molecular weight is 275 g/mol. The van der Waals surface area contributed by atoms with Crippen molar-refractivity contribution in [1.82, 2.24) is 14.7 Å². The summed E-state index contributed by atoms with van der Waals surface area (Å²) >= 11 is 0. The third-order valence-corrected chi connectivity index (χ3v) is 3.55. The molecule has 1 aromatic carbocycles. The smallest absolute Gasteiger partial charge is 0.123 e. The van der Waals surface area contributed by atoms with Gasteiger partial charge in [-0.05, 0) is 43.2 Å². The normalized spacial score (nSPS) is 14.9. The summed E-state index contributed by atoms with van der Waals surface area (Å²) in [5.41, 5.74) is 1.81. The fourth-order valence-corrected chi connectivity index (χ4v) is 2.35. The van der Waals surface area contributed by atoms with Crippen LogP contribution in [0.15, 0.2) is 36.5 Å². The first-order valence-electron chi connectivity index (χ1n) is 6.91. The second-order valence-electron chi connectivity index (χ2n) is 5.15. The van der Waals surface area contributed by atoms with E-state index in [0.29, 0.717) is 12.6 Å². The molecule has 5 heteroatoms. The first-order chi connectivity index (χ1) is 9.76. The minimum Gasteiger partial charge on any atom is -0.395 e. The van der Waals surface area contributed by atoms with Gasteiger partial charge in [0.1, 0.15) is 5.82 Å². The first kappa shape index (κ1) is 13.3. The fourth-order valence-electron chi connectivity index (χ4n) is 2.35. The van der Waals surface area contributed by atoms with Crippen molar-refractivity contribution >= 4 is 0 Å². The van der Waals surface area contributed by atoms with Gasteiger partial charge in [0, 0.05) is 25.3 Å². The molecule has 0 aliphatic heterocycles. The minimum atomic E-state index is -0.246. The van der Waals surface area contributed by atoms with Crippen LogP contribution in [-0.4, -0.2) is 39.0 Å². The quantitative estimate of drug-likeness (QED) is 0.876. The van der Waals surface area contributed by atoms with Gasteiger partial charge >= 0.3 is 0 Å². The standard InChI is InChI=1S/C15H18FN3O/c16-12-1-3-15(4-2-12)19-8-7-13(17-19)11-18(9-10-20)14-5-6-14/h1-4,7-8,14,20H,5-6,9-11H2. The van der Waals surface area contributed by atoms with Crippen molar-refractivity contribution in [3.05, 3.63) is 48.0 Å². The Morgan fingerprint density at radius 1 is 1.25 bits per heavy atom. The van der Waals surface area contributed by atoms with Crippen LogP contribution < -0.4 is 0 Å². The van der Waals surface area contributed by atoms with Gasteiger partial charge in [0.2, 0.25) is 0 Å². The predicted octanol–water partition coefficient (Wildman–Crippen LogP) is 1.97. The Labute approximate surface area is 117 Å². The predicted molar refractivity (Wildman–Crippen MR) is 74.0 cm³/mol. The van der Waals surface area contributed by atoms with E-state index in [1.54, 1.807) is 16.8 Å². The number of rotatable bonds is 6. The number of halogens is 1. The van der Waals surface area contributed by atoms with Gasteiger partial charge in [-0.3, -0.25) is 4.90 Å². The molecule has 3 rings (SSSR count). The monoisotopic (exact) mass is 275 g/mol. The number of aliphatic hydroxyl groups excluding tert-OH is 1. The van der Waals surface area contributed by atoms with E-state index in [4.69, 9.17) is 5.11 Å². The zero-order valence-electron chi connectivity index (χ0n) is 11.2. The molecule has 0 radical (unpaired) electrons. The van der Waals surface area contributed by atoms with Crippen LogP contribution in [0.5, 0.6) is 0 Å². The molecule has 1 N–H and O–H groups in total. The molecule has 1 aliphatic rings. The second kappa shape index (κ2) is 5.73. The summed E-state index contributed by atoms with van der Waals surface area (Å²) in [5.74, 6) is -0.246. The molecule has 2 aromatic rings. The highest BCUT2D eigenvalue weighted by Crippen LogP contribution is 2.27. The number of hydrogen-bond donors (Lipinski definition) is 1. The molecule has 4 nitrogen and oxygen atoms in total. The molecule has 0 amide bonds. The van der Waals surface area contributed by atoms with E-state index in [9.17, 15) is 4.39 Å². The lowest BCUT2D eigenvalue weighted by atomic mass is 10.3. The van der Waals surface area contributed by atoms with Gasteiger partial charge in [0.25, 0.3) is 0 Å². The van der Waals surface area contributed by atoms with Crippen molar-refractivity contribution in [2.75, 3.05) is 13.2 Å². The zero-order chi connectivity index (χ0) is 13.9. The molecule has 1 fully saturated rings. The van der Waals surface area contributed by atoms with Crippen molar-refractivity contribution < 1.29 is 9.50 Å². The van der Waals surface area contributed by atoms with Crippen molar-refractivity contribution in [3.63, 3.8) is 0 Å². The Hall–Kier alpha value is -1.72. The lowest BCUT2D eigenvalue weighted by molar-refractivity contribution is 0.182. The van der Waals surface area contributed by atoms with Crippen LogP contribution >= 0.6 is 0 Å². The SMILES string of the molecule is OCCN(Cc1ccn(-c2ccc(F)cc2)n1)C1CC1. The van der Waals surface area contributed by atoms with E-state index in [0.717, 1.165) is 17.9 Å². The summed E-state index contributed by atoms with van der Waals surface area (Å²) in [7, 11) is 0. The second-order valence-corrected chi connectivity index (χ2v) is 5.15. The molecule has 0 atom stereocenters. The summed E-state index contributed by atoms with van der Waals surface area (Å²) in [6.07, 6.45) is 4.30. The maximum absolute atomic E-state index is 12.9. The van der Waals surface area contributed by atoms with Crippen molar-refractivity contribution in [2.24, 2.45) is 0 Å². The third kappa shape index (κ3) is 3.05. The van der Waals surface area contributed by atoms with Gasteiger partial charge in [-0.15, -0.1) is 0 Å². The highest BCUT2D eigenvalue weighted by Gasteiger charge is 2.28. The summed E-state index contributed by atoms with van der Waals surface area (Å²) in [6, 6.07) is 8.84. The minimum absolute atomic E-state index is 0.176. The molecular formula is C15H18FN3O. The molecule has 0 bridgehead atoms. The van der Waals surface area contributed by atoms with Crippen molar-refractivity contribution in [3.8, 4) is 5.69 Å². The maximum Gasteiger partial charge on any atom is 0.123 e. The first-order valence-corrected chi connectivity index (χ1v) is 6.91. The highest BCUT2D eigenvalue weighted by atomic mass is 19.1. The lowest BCUT2D eigenvalue weighted by Crippen LogP contribution is -2.28. The van der Waals surface area contributed by atoms with Crippen LogP contribution in [0.1, 0.15) is 18.5 Å². The molecule has 20 heavy (non-hydrogen) atoms. The number of aliphatic hydroxyl groups is 1. The summed E-state index contributed by atoms with van der Waals surface area (Å²) < 4.78 is 14.6. The Morgan fingerprint density at radius 3 is 2.65 bits per heavy atom. The summed E-state index contributed by atoms with van der Waals surface area (Å²) in [6.45, 7) is 1.61. The van der Waals surface area contributed by atoms with E-state index in [1.165, 1.54) is 25.0 Å². The maximum atomic E-state index is 12.9. The molecule has 106 valence electrons. The summed E-state index contributed by atoms with van der Waals surface area (Å²) in [5, 5.41) is 13.6. The van der Waals surface area contributed by atoms with Gasteiger partial charge in [-0.1, -0.05) is 0 Å². The Balaban J connectivity index is 1.71. The number of aromatic nitrogens is 2. The molecule has 1 saturated carbocycles. The third-order valence-electron chi connectivity index (χ3n) is 3.55. The molecule has 1 aromatic heterocycles. The average Bonchev–Trinajstić information content (AvgIpc) is 3.20. The lowest BCUT2D eigenvalue weighted by Gasteiger charge is -2.19. The van der Waals surface area contributed by atoms with E-state index >= 15 is 0 Å². The highest BCUT2D eigenvalue weighted by molar-refractivity contribution is 5.31. The number of benzene rings is 1. The van der Waals surface area contributed by atoms with Gasteiger partial charge in [-0.25, -0.2) is 9.07 Å². The number of nitrogens with zero attached hydrogens (tertiary/aromatic N) is 3. The van der Waals surface area contributed by atoms with Crippen LogP contribution in [0.25, 0.3) is 5.69 Å². The Kier molecular flexibility index (Phi) is 3.80. The molecule has 0 unspecified atom stereocenters. The zero-order valence-corrected chi connectivity index (χ0v) is 11.2. The Morgan fingerprint density at radius 2 is 2.00 bits per heavy atom. The van der Waals surface area contributed by atoms with Crippen LogP contribution in [-0.2, 0) is 6.54 Å². The molecule has 1 heterocycles. The molecular weight excluding hydrogens is 257 g/mol. The van der Waals surface area contributed by atoms with Crippen molar-refractivity contribution in [1.29, 1.82) is 0 Å². The van der Waals surface area contributed by atoms with Crippen LogP contribution in [0.2, 0.25) is 0 Å². The van der Waals surface area contributed by atoms with Crippen LogP contribution in [0.4, 0.5) is 4.39 Å². The van der Waals surface area contributed by atoms with E-state index in [2.05, 4.69) is 10.00 Å². The van der Waals surface area contributed by atoms with Gasteiger partial charge < -0.3 is 5.11 Å². The van der Waals surface area contributed by atoms with Gasteiger partial charge in [0.05, 0.1) is 18.0 Å². The molecule has 0 spiro atoms. The van der Waals surface area contributed by atoms with Crippen molar-refractivity contribution in [2.45, 2.75) is 25.4 Å². The Bertz CT molecular complexity index is 563. The van der Waals surface area contributed by atoms with E-state index in [-0.39, 0.29) is 12.4 Å². The summed E-state index contributed by atoms with van der Waals surface area (Å²) in [4.78, 5) is 2.26. The topological polar surface area (TPSA) is 41.3 Å². The van der Waals surface area contributed by atoms with E-state index in [1.807, 2.05) is 12.3 Å². The largest absolute Gasteiger partial charge is 0.395 e. The number of hydrogen-bond acceptors (Lipinski definition) is 3. The van der Waals surface area contributed by atoms with Gasteiger partial charge in [-0.2, -0.15) is 5.10 Å². The fraction of sp³-hybridized carbons (Fsp3) is 0.400. The van der Waals surface area contributed by atoms with Crippen LogP contribution in [0, 0.1) is 5.82 Å².